The SMILES string of the molecule is C[C@@H](CN(C)C)[C@](O)(Cc1ccccc1)c1ccc(Cl)cc1. The number of nitrogens with zero attached hydrogens (tertiary/aromatic N) is 1. The van der Waals surface area contributed by atoms with Gasteiger partial charge in [0.1, 0.15) is 0 Å². The number of aliphatic hydroxyl groups is 1. The molecule has 118 valence electrons. The summed E-state index contributed by atoms with van der Waals surface area (Å²) in [4.78, 5) is 2.11. The second kappa shape index (κ2) is 7.28. The van der Waals surface area contributed by atoms with Gasteiger partial charge in [0.25, 0.3) is 0 Å². The average Bonchev–Trinajstić information content (AvgIpc) is 2.48. The Balaban J connectivity index is 2.36. The van der Waals surface area contributed by atoms with Crippen molar-refractivity contribution in [1.29, 1.82) is 0 Å². The molecule has 2 aromatic carbocycles. The number of rotatable bonds is 6. The fourth-order valence-corrected chi connectivity index (χ4v) is 3.03. The third-order valence-corrected chi connectivity index (χ3v) is 4.37. The van der Waals surface area contributed by atoms with E-state index >= 15 is 0 Å². The summed E-state index contributed by atoms with van der Waals surface area (Å²) in [7, 11) is 4.06. The van der Waals surface area contributed by atoms with Gasteiger partial charge in [0.2, 0.25) is 0 Å². The Bertz CT molecular complexity index is 582. The summed E-state index contributed by atoms with van der Waals surface area (Å²) in [6.07, 6.45) is 0.588. The lowest BCUT2D eigenvalue weighted by Crippen LogP contribution is -2.41. The molecule has 0 fully saturated rings. The molecule has 0 radical (unpaired) electrons. The summed E-state index contributed by atoms with van der Waals surface area (Å²) >= 11 is 6.00. The Kier molecular flexibility index (Phi) is 5.63. The van der Waals surface area contributed by atoms with Gasteiger partial charge < -0.3 is 10.0 Å². The molecular formula is C19H24ClNO. The van der Waals surface area contributed by atoms with Gasteiger partial charge in [-0.1, -0.05) is 61.0 Å². The first-order chi connectivity index (χ1) is 10.4. The van der Waals surface area contributed by atoms with E-state index in [1.54, 1.807) is 0 Å². The van der Waals surface area contributed by atoms with Crippen LogP contribution in [0.4, 0.5) is 0 Å². The van der Waals surface area contributed by atoms with Gasteiger partial charge in [0.15, 0.2) is 0 Å². The molecule has 3 heteroatoms. The number of halogens is 1. The summed E-state index contributed by atoms with van der Waals surface area (Å²) in [6, 6.07) is 17.7. The highest BCUT2D eigenvalue weighted by molar-refractivity contribution is 6.30. The molecule has 0 saturated carbocycles. The zero-order valence-electron chi connectivity index (χ0n) is 13.5. The van der Waals surface area contributed by atoms with Gasteiger partial charge in [-0.3, -0.25) is 0 Å². The van der Waals surface area contributed by atoms with Crippen molar-refractivity contribution in [2.75, 3.05) is 20.6 Å². The van der Waals surface area contributed by atoms with Crippen LogP contribution in [-0.4, -0.2) is 30.6 Å². The Morgan fingerprint density at radius 3 is 2.18 bits per heavy atom. The van der Waals surface area contributed by atoms with E-state index in [4.69, 9.17) is 11.6 Å². The maximum atomic E-state index is 11.5. The van der Waals surface area contributed by atoms with Crippen molar-refractivity contribution in [2.45, 2.75) is 18.9 Å². The maximum Gasteiger partial charge on any atom is 0.0974 e. The second-order valence-electron chi connectivity index (χ2n) is 6.26. The molecule has 0 aliphatic rings. The third-order valence-electron chi connectivity index (χ3n) is 4.11. The standard InChI is InChI=1S/C19H24ClNO/c1-15(14-21(2)3)19(22,13-16-7-5-4-6-8-16)17-9-11-18(20)12-10-17/h4-12,15,22H,13-14H2,1-3H3/t15-,19+/m0/s1. The van der Waals surface area contributed by atoms with E-state index in [-0.39, 0.29) is 5.92 Å². The Morgan fingerprint density at radius 1 is 1.05 bits per heavy atom. The summed E-state index contributed by atoms with van der Waals surface area (Å²) in [6.45, 7) is 2.91. The molecule has 0 aliphatic heterocycles. The van der Waals surface area contributed by atoms with Gasteiger partial charge in [-0.05, 0) is 37.4 Å². The number of benzene rings is 2. The Labute approximate surface area is 138 Å². The van der Waals surface area contributed by atoms with Crippen molar-refractivity contribution in [1.82, 2.24) is 4.90 Å². The van der Waals surface area contributed by atoms with Crippen molar-refractivity contribution in [3.8, 4) is 0 Å². The molecule has 0 spiro atoms. The minimum absolute atomic E-state index is 0.0869. The molecule has 0 saturated heterocycles. The number of hydrogen-bond acceptors (Lipinski definition) is 2. The second-order valence-corrected chi connectivity index (χ2v) is 6.69. The third kappa shape index (κ3) is 4.10. The quantitative estimate of drug-likeness (QED) is 0.871. The minimum Gasteiger partial charge on any atom is -0.384 e. The van der Waals surface area contributed by atoms with Gasteiger partial charge in [0, 0.05) is 23.9 Å². The van der Waals surface area contributed by atoms with Crippen molar-refractivity contribution < 1.29 is 5.11 Å². The lowest BCUT2D eigenvalue weighted by atomic mass is 9.77. The molecule has 0 amide bonds. The van der Waals surface area contributed by atoms with Crippen LogP contribution in [0, 0.1) is 5.92 Å². The van der Waals surface area contributed by atoms with Crippen molar-refractivity contribution in [3.05, 3.63) is 70.7 Å². The van der Waals surface area contributed by atoms with Gasteiger partial charge in [0.05, 0.1) is 5.60 Å². The first-order valence-corrected chi connectivity index (χ1v) is 7.96. The first-order valence-electron chi connectivity index (χ1n) is 7.59. The summed E-state index contributed by atoms with van der Waals surface area (Å²) in [5.41, 5.74) is 1.12. The van der Waals surface area contributed by atoms with Crippen LogP contribution in [0.25, 0.3) is 0 Å². The predicted molar refractivity (Wildman–Crippen MR) is 93.2 cm³/mol. The van der Waals surface area contributed by atoms with Crippen LogP contribution in [0.5, 0.6) is 0 Å². The van der Waals surface area contributed by atoms with E-state index < -0.39 is 5.60 Å². The zero-order chi connectivity index (χ0) is 16.2. The topological polar surface area (TPSA) is 23.5 Å². The van der Waals surface area contributed by atoms with Crippen LogP contribution >= 0.6 is 11.6 Å². The fraction of sp³-hybridized carbons (Fsp3) is 0.368. The first kappa shape index (κ1) is 17.0. The highest BCUT2D eigenvalue weighted by atomic mass is 35.5. The van der Waals surface area contributed by atoms with E-state index in [0.29, 0.717) is 11.4 Å². The van der Waals surface area contributed by atoms with Crippen LogP contribution in [0.3, 0.4) is 0 Å². The van der Waals surface area contributed by atoms with Gasteiger partial charge >= 0.3 is 0 Å². The van der Waals surface area contributed by atoms with Crippen LogP contribution < -0.4 is 0 Å². The summed E-state index contributed by atoms with van der Waals surface area (Å²) < 4.78 is 0. The normalized spacial score (nSPS) is 15.5. The number of hydrogen-bond donors (Lipinski definition) is 1. The lowest BCUT2D eigenvalue weighted by Gasteiger charge is -2.36. The van der Waals surface area contributed by atoms with Crippen LogP contribution in [0.1, 0.15) is 18.1 Å². The maximum absolute atomic E-state index is 11.5. The highest BCUT2D eigenvalue weighted by Crippen LogP contribution is 2.34. The molecule has 0 aromatic heterocycles. The Hall–Kier alpha value is -1.35. The van der Waals surface area contributed by atoms with Crippen LogP contribution in [0.2, 0.25) is 5.02 Å². The predicted octanol–water partition coefficient (Wildman–Crippen LogP) is 3.97. The zero-order valence-corrected chi connectivity index (χ0v) is 14.2. The molecule has 0 unspecified atom stereocenters. The lowest BCUT2D eigenvalue weighted by molar-refractivity contribution is -0.0254. The van der Waals surface area contributed by atoms with E-state index in [0.717, 1.165) is 17.7 Å². The van der Waals surface area contributed by atoms with Gasteiger partial charge in [-0.2, -0.15) is 0 Å². The molecule has 2 rings (SSSR count). The van der Waals surface area contributed by atoms with Gasteiger partial charge in [-0.15, -0.1) is 0 Å². The molecule has 2 atom stereocenters. The molecule has 2 aromatic rings. The van der Waals surface area contributed by atoms with Crippen LogP contribution in [0.15, 0.2) is 54.6 Å². The van der Waals surface area contributed by atoms with E-state index in [1.165, 1.54) is 0 Å². The van der Waals surface area contributed by atoms with Crippen molar-refractivity contribution in [3.63, 3.8) is 0 Å². The smallest absolute Gasteiger partial charge is 0.0974 e. The van der Waals surface area contributed by atoms with E-state index in [1.807, 2.05) is 56.6 Å². The average molecular weight is 318 g/mol. The largest absolute Gasteiger partial charge is 0.384 e. The monoisotopic (exact) mass is 317 g/mol. The molecule has 22 heavy (non-hydrogen) atoms. The molecular weight excluding hydrogens is 294 g/mol. The Morgan fingerprint density at radius 2 is 1.64 bits per heavy atom. The molecule has 1 N–H and O–H groups in total. The molecule has 0 bridgehead atoms. The fourth-order valence-electron chi connectivity index (χ4n) is 2.91. The minimum atomic E-state index is -0.920. The molecule has 0 aliphatic carbocycles. The van der Waals surface area contributed by atoms with Crippen molar-refractivity contribution >= 4 is 11.6 Å². The molecule has 2 nitrogen and oxygen atoms in total. The van der Waals surface area contributed by atoms with E-state index in [9.17, 15) is 5.11 Å². The highest BCUT2D eigenvalue weighted by Gasteiger charge is 2.36. The summed E-state index contributed by atoms with van der Waals surface area (Å²) in [5, 5.41) is 12.2. The van der Waals surface area contributed by atoms with Crippen molar-refractivity contribution in [2.24, 2.45) is 5.92 Å². The van der Waals surface area contributed by atoms with Gasteiger partial charge in [-0.25, -0.2) is 0 Å². The molecule has 0 heterocycles. The summed E-state index contributed by atoms with van der Waals surface area (Å²) in [5.74, 6) is 0.0869. The van der Waals surface area contributed by atoms with E-state index in [2.05, 4.69) is 24.0 Å². The van der Waals surface area contributed by atoms with Crippen LogP contribution in [-0.2, 0) is 12.0 Å².